The van der Waals surface area contributed by atoms with Crippen molar-refractivity contribution in [3.05, 3.63) is 47.5 Å². The first-order valence-electron chi connectivity index (χ1n) is 4.18. The second kappa shape index (κ2) is 4.85. The van der Waals surface area contributed by atoms with Crippen molar-refractivity contribution >= 4 is 11.4 Å². The van der Waals surface area contributed by atoms with E-state index in [2.05, 4.69) is 12.0 Å². The minimum absolute atomic E-state index is 0.145. The second-order valence-corrected chi connectivity index (χ2v) is 2.72. The maximum atomic E-state index is 11.1. The summed E-state index contributed by atoms with van der Waals surface area (Å²) < 4.78 is 0. The maximum Gasteiger partial charge on any atom is 0.151 e. The normalized spacial score (nSPS) is 14.8. The van der Waals surface area contributed by atoms with Gasteiger partial charge in [-0.15, -0.1) is 0 Å². The fraction of sp³-hybridized carbons (Fsp3) is 0.111. The molecule has 0 aliphatic carbocycles. The summed E-state index contributed by atoms with van der Waals surface area (Å²) in [6.45, 7) is 3.38. The molecule has 3 N–H and O–H groups in total. The van der Waals surface area contributed by atoms with Gasteiger partial charge in [-0.1, -0.05) is 0 Å². The number of rotatable bonds is 4. The first-order valence-corrected chi connectivity index (χ1v) is 4.18. The molecule has 0 aliphatic rings. The van der Waals surface area contributed by atoms with Crippen LogP contribution in [0, 0.1) is 10.4 Å². The summed E-state index contributed by atoms with van der Waals surface area (Å²) in [6, 6.07) is 6.42. The van der Waals surface area contributed by atoms with Gasteiger partial charge in [-0.25, -0.2) is 0 Å². The Morgan fingerprint density at radius 1 is 1.21 bits per heavy atom. The van der Waals surface area contributed by atoms with Crippen LogP contribution in [0.5, 0.6) is 0 Å². The third-order valence-corrected chi connectivity index (χ3v) is 1.84. The van der Waals surface area contributed by atoms with Crippen LogP contribution in [0.4, 0.5) is 11.4 Å². The molecular formula is C9H13N3O2. The Morgan fingerprint density at radius 2 is 1.71 bits per heavy atom. The van der Waals surface area contributed by atoms with E-state index in [0.717, 1.165) is 0 Å². The lowest BCUT2D eigenvalue weighted by atomic mass is 10.3. The van der Waals surface area contributed by atoms with Gasteiger partial charge in [0.05, 0.1) is 6.20 Å². The fourth-order valence-corrected chi connectivity index (χ4v) is 1.05. The van der Waals surface area contributed by atoms with Crippen LogP contribution in [0.3, 0.4) is 0 Å². The summed E-state index contributed by atoms with van der Waals surface area (Å²) in [5.74, 6) is 0. The van der Waals surface area contributed by atoms with Gasteiger partial charge in [0.2, 0.25) is 0 Å². The van der Waals surface area contributed by atoms with Crippen LogP contribution in [0.1, 0.15) is 0 Å². The lowest BCUT2D eigenvalue weighted by Crippen LogP contribution is -3.09. The van der Waals surface area contributed by atoms with Crippen molar-refractivity contribution in [1.29, 1.82) is 0 Å². The highest BCUT2D eigenvalue weighted by Gasteiger charge is 2.02. The van der Waals surface area contributed by atoms with E-state index in [4.69, 9.17) is 0 Å². The van der Waals surface area contributed by atoms with Gasteiger partial charge in [-0.05, 0) is 6.58 Å². The number of hydroxylamine groups is 1. The molecule has 14 heavy (non-hydrogen) atoms. The van der Waals surface area contributed by atoms with Gasteiger partial charge >= 0.3 is 0 Å². The average Bonchev–Trinajstić information content (AvgIpc) is 2.27. The number of nitrogens with one attached hydrogen (secondary N) is 3. The summed E-state index contributed by atoms with van der Waals surface area (Å²) in [5.41, 5.74) is 3.57. The number of hydrogen-bond acceptors (Lipinski definition) is 3. The molecule has 0 bridgehead atoms. The van der Waals surface area contributed by atoms with E-state index in [1.807, 2.05) is 0 Å². The van der Waals surface area contributed by atoms with Crippen molar-refractivity contribution in [2.24, 2.45) is 0 Å². The molecule has 0 amide bonds. The highest BCUT2D eigenvalue weighted by Crippen LogP contribution is 2.05. The van der Waals surface area contributed by atoms with E-state index in [0.29, 0.717) is 11.4 Å². The molecule has 0 aromatic heterocycles. The van der Waals surface area contributed by atoms with Crippen LogP contribution in [-0.4, -0.2) is 7.05 Å². The third-order valence-electron chi connectivity index (χ3n) is 1.84. The Balaban J connectivity index is 2.83. The molecule has 2 atom stereocenters. The van der Waals surface area contributed by atoms with Gasteiger partial charge in [-0.3, -0.25) is 5.17 Å². The van der Waals surface area contributed by atoms with Crippen molar-refractivity contribution in [2.75, 3.05) is 7.05 Å². The topological polar surface area (TPSA) is 67.0 Å². The first kappa shape index (κ1) is 10.8. The molecule has 0 spiro atoms. The summed E-state index contributed by atoms with van der Waals surface area (Å²) in [7, 11) is 1.56. The zero-order chi connectivity index (χ0) is 10.6. The van der Waals surface area contributed by atoms with Crippen molar-refractivity contribution in [1.82, 2.24) is 5.43 Å². The van der Waals surface area contributed by atoms with Crippen molar-refractivity contribution < 1.29 is 10.2 Å². The smallest absolute Gasteiger partial charge is 0.151 e. The molecule has 2 unspecified atom stereocenters. The monoisotopic (exact) mass is 195 g/mol. The van der Waals surface area contributed by atoms with E-state index in [-0.39, 0.29) is 10.2 Å². The summed E-state index contributed by atoms with van der Waals surface area (Å²) in [6.07, 6.45) is 1.24. The zero-order valence-corrected chi connectivity index (χ0v) is 7.91. The highest BCUT2D eigenvalue weighted by atomic mass is 16.5. The van der Waals surface area contributed by atoms with Gasteiger partial charge < -0.3 is 15.5 Å². The van der Waals surface area contributed by atoms with Gasteiger partial charge in [0.15, 0.2) is 5.69 Å². The predicted molar refractivity (Wildman–Crippen MR) is 53.7 cm³/mol. The molecular weight excluding hydrogens is 182 g/mol. The lowest BCUT2D eigenvalue weighted by molar-refractivity contribution is -0.825. The SMILES string of the molecule is C=C[NH+]([O-])c1ccc([NH+]([O-])NC)cc1. The van der Waals surface area contributed by atoms with Gasteiger partial charge in [-0.2, -0.15) is 5.43 Å². The molecule has 0 aliphatic heterocycles. The lowest BCUT2D eigenvalue weighted by Gasteiger charge is -2.20. The van der Waals surface area contributed by atoms with Crippen molar-refractivity contribution in [3.63, 3.8) is 0 Å². The van der Waals surface area contributed by atoms with Crippen LogP contribution in [-0.2, 0) is 0 Å². The molecule has 0 saturated heterocycles. The molecule has 0 heterocycles. The Bertz CT molecular complexity index is 299. The van der Waals surface area contributed by atoms with Gasteiger partial charge in [0, 0.05) is 31.3 Å². The summed E-state index contributed by atoms with van der Waals surface area (Å²) in [5, 5.41) is 22.0. The quantitative estimate of drug-likeness (QED) is 0.539. The minimum Gasteiger partial charge on any atom is -0.624 e. The minimum atomic E-state index is -0.164. The maximum absolute atomic E-state index is 11.1. The van der Waals surface area contributed by atoms with Crippen LogP contribution < -0.4 is 15.7 Å². The standard InChI is InChI=1S/C9H13N3O2/c1-3-11(13)8-4-6-9(7-5-8)12(14)10-2/h3-7,10-12H,1H2,2H3. The Labute approximate surface area is 82.4 Å². The number of benzene rings is 1. The molecule has 0 fully saturated rings. The Morgan fingerprint density at radius 3 is 2.14 bits per heavy atom. The van der Waals surface area contributed by atoms with Crippen molar-refractivity contribution in [2.45, 2.75) is 0 Å². The molecule has 5 nitrogen and oxygen atoms in total. The molecule has 1 aromatic rings. The summed E-state index contributed by atoms with van der Waals surface area (Å²) >= 11 is 0. The van der Waals surface area contributed by atoms with E-state index >= 15 is 0 Å². The van der Waals surface area contributed by atoms with Crippen LogP contribution in [0.15, 0.2) is 37.0 Å². The first-order chi connectivity index (χ1) is 6.69. The van der Waals surface area contributed by atoms with Crippen molar-refractivity contribution in [3.8, 4) is 0 Å². The Kier molecular flexibility index (Phi) is 3.75. The molecule has 0 radical (unpaired) electrons. The molecule has 5 heteroatoms. The number of hydrogen-bond donors (Lipinski definition) is 3. The van der Waals surface area contributed by atoms with E-state index < -0.39 is 0 Å². The van der Waals surface area contributed by atoms with Gasteiger partial charge in [0.1, 0.15) is 5.69 Å². The van der Waals surface area contributed by atoms with Gasteiger partial charge in [0.25, 0.3) is 0 Å². The predicted octanol–water partition coefficient (Wildman–Crippen LogP) is -1.01. The summed E-state index contributed by atoms with van der Waals surface area (Å²) in [4.78, 5) is 0. The van der Waals surface area contributed by atoms with E-state index in [1.54, 1.807) is 31.3 Å². The molecule has 0 saturated carbocycles. The van der Waals surface area contributed by atoms with Crippen LogP contribution >= 0.6 is 0 Å². The third kappa shape index (κ3) is 2.38. The van der Waals surface area contributed by atoms with E-state index in [1.165, 1.54) is 6.20 Å². The molecule has 1 aromatic carbocycles. The average molecular weight is 195 g/mol. The fourth-order valence-electron chi connectivity index (χ4n) is 1.05. The largest absolute Gasteiger partial charge is 0.624 e. The number of quaternary nitrogens is 2. The second-order valence-electron chi connectivity index (χ2n) is 2.72. The van der Waals surface area contributed by atoms with Crippen LogP contribution in [0.2, 0.25) is 0 Å². The zero-order valence-electron chi connectivity index (χ0n) is 7.91. The molecule has 1 rings (SSSR count). The molecule has 76 valence electrons. The van der Waals surface area contributed by atoms with Crippen LogP contribution in [0.25, 0.3) is 0 Å². The highest BCUT2D eigenvalue weighted by molar-refractivity contribution is 5.39. The van der Waals surface area contributed by atoms with E-state index in [9.17, 15) is 10.4 Å². The Hall–Kier alpha value is -1.24.